The second-order valence-corrected chi connectivity index (χ2v) is 9.08. The lowest BCUT2D eigenvalue weighted by Gasteiger charge is -2.46. The molecule has 5 rings (SSSR count). The van der Waals surface area contributed by atoms with Gasteiger partial charge in [-0.05, 0) is 60.1 Å². The highest BCUT2D eigenvalue weighted by atomic mass is 16.5. The van der Waals surface area contributed by atoms with Crippen LogP contribution in [0.4, 0.5) is 0 Å². The number of hydrogen-bond donors (Lipinski definition) is 0. The van der Waals surface area contributed by atoms with Crippen molar-refractivity contribution in [2.45, 2.75) is 37.8 Å². The Balaban J connectivity index is 1.49. The number of amides is 2. The van der Waals surface area contributed by atoms with Gasteiger partial charge in [-0.2, -0.15) is 0 Å². The van der Waals surface area contributed by atoms with Crippen molar-refractivity contribution >= 4 is 11.8 Å². The van der Waals surface area contributed by atoms with Crippen LogP contribution in [-0.2, 0) is 22.4 Å². The molecule has 1 aliphatic heterocycles. The molecule has 1 aliphatic carbocycles. The quantitative estimate of drug-likeness (QED) is 0.541. The van der Waals surface area contributed by atoms with Gasteiger partial charge in [0.05, 0.1) is 19.7 Å². The normalized spacial score (nSPS) is 20.3. The Morgan fingerprint density at radius 1 is 0.912 bits per heavy atom. The maximum atomic E-state index is 13.9. The van der Waals surface area contributed by atoms with Gasteiger partial charge in [0.1, 0.15) is 11.8 Å². The lowest BCUT2D eigenvalue weighted by molar-refractivity contribution is -0.159. The van der Waals surface area contributed by atoms with Crippen molar-refractivity contribution in [2.75, 3.05) is 20.2 Å². The first-order valence-corrected chi connectivity index (χ1v) is 12.0. The number of carbonyl (C=O) groups is 2. The average Bonchev–Trinajstić information content (AvgIpc) is 2.89. The molecule has 2 unspecified atom stereocenters. The van der Waals surface area contributed by atoms with E-state index in [1.807, 2.05) is 53.4 Å². The second kappa shape index (κ2) is 9.72. The van der Waals surface area contributed by atoms with E-state index >= 15 is 0 Å². The zero-order valence-corrected chi connectivity index (χ0v) is 19.5. The van der Waals surface area contributed by atoms with E-state index in [1.54, 1.807) is 12.0 Å². The Morgan fingerprint density at radius 2 is 1.65 bits per heavy atom. The summed E-state index contributed by atoms with van der Waals surface area (Å²) < 4.78 is 5.33. The first-order valence-electron chi connectivity index (χ1n) is 12.0. The number of methoxy groups -OCH3 is 1. The van der Waals surface area contributed by atoms with Gasteiger partial charge in [-0.1, -0.05) is 66.7 Å². The molecule has 34 heavy (non-hydrogen) atoms. The molecule has 1 saturated heterocycles. The summed E-state index contributed by atoms with van der Waals surface area (Å²) in [5.74, 6) is 0.729. The van der Waals surface area contributed by atoms with E-state index in [4.69, 9.17) is 4.74 Å². The molecule has 0 spiro atoms. The molecule has 0 saturated carbocycles. The van der Waals surface area contributed by atoms with Crippen molar-refractivity contribution in [3.63, 3.8) is 0 Å². The Labute approximate surface area is 201 Å². The Kier molecular flexibility index (Phi) is 6.35. The van der Waals surface area contributed by atoms with Crippen molar-refractivity contribution in [3.05, 3.63) is 101 Å². The lowest BCUT2D eigenvalue weighted by Crippen LogP contribution is -2.57. The zero-order valence-electron chi connectivity index (χ0n) is 19.5. The lowest BCUT2D eigenvalue weighted by atomic mass is 9.84. The van der Waals surface area contributed by atoms with Crippen LogP contribution < -0.4 is 4.74 Å². The molecular weight excluding hydrogens is 424 g/mol. The molecule has 1 fully saturated rings. The highest BCUT2D eigenvalue weighted by molar-refractivity contribution is 5.96. The van der Waals surface area contributed by atoms with Gasteiger partial charge in [0.25, 0.3) is 5.91 Å². The molecule has 0 aromatic heterocycles. The largest absolute Gasteiger partial charge is 0.497 e. The third-order valence-electron chi connectivity index (χ3n) is 7.06. The minimum absolute atomic E-state index is 0.00943. The molecule has 3 aromatic carbocycles. The van der Waals surface area contributed by atoms with Gasteiger partial charge in [-0.3, -0.25) is 9.59 Å². The fourth-order valence-corrected chi connectivity index (χ4v) is 5.32. The van der Waals surface area contributed by atoms with E-state index in [0.717, 1.165) is 42.6 Å². The van der Waals surface area contributed by atoms with Crippen molar-refractivity contribution in [3.8, 4) is 5.75 Å². The third-order valence-corrected chi connectivity index (χ3v) is 7.06. The summed E-state index contributed by atoms with van der Waals surface area (Å²) in [7, 11) is 1.63. The summed E-state index contributed by atoms with van der Waals surface area (Å²) in [4.78, 5) is 31.2. The Morgan fingerprint density at radius 3 is 2.41 bits per heavy atom. The average molecular weight is 455 g/mol. The predicted molar refractivity (Wildman–Crippen MR) is 131 cm³/mol. The summed E-state index contributed by atoms with van der Waals surface area (Å²) in [5, 5.41) is 0. The summed E-state index contributed by atoms with van der Waals surface area (Å²) in [6, 6.07) is 25.3. The smallest absolute Gasteiger partial charge is 0.250 e. The standard InChI is InChI=1S/C29H30N2O3/c1-34-24-16-14-23(15-17-24)28-29(33)30(19-18-21-8-3-2-4-9-21)20-27(32)31(28)26-13-7-11-22-10-5-6-12-25(22)26/h2-6,8-10,12,14-17,26,28H,7,11,13,18-20H2,1H3. The number of hydrogen-bond acceptors (Lipinski definition) is 3. The molecule has 2 atom stereocenters. The molecule has 174 valence electrons. The van der Waals surface area contributed by atoms with Crippen LogP contribution >= 0.6 is 0 Å². The molecule has 5 nitrogen and oxygen atoms in total. The molecule has 1 heterocycles. The van der Waals surface area contributed by atoms with Crippen LogP contribution in [0.3, 0.4) is 0 Å². The van der Waals surface area contributed by atoms with Crippen LogP contribution in [0.15, 0.2) is 78.9 Å². The highest BCUT2D eigenvalue weighted by Crippen LogP contribution is 2.41. The summed E-state index contributed by atoms with van der Waals surface area (Å²) in [6.45, 7) is 0.646. The van der Waals surface area contributed by atoms with Gasteiger partial charge in [-0.25, -0.2) is 0 Å². The van der Waals surface area contributed by atoms with Crippen LogP contribution in [0.25, 0.3) is 0 Å². The van der Waals surface area contributed by atoms with Gasteiger partial charge >= 0.3 is 0 Å². The van der Waals surface area contributed by atoms with Crippen LogP contribution in [-0.4, -0.2) is 41.8 Å². The van der Waals surface area contributed by atoms with Gasteiger partial charge in [0.15, 0.2) is 0 Å². The van der Waals surface area contributed by atoms with E-state index in [-0.39, 0.29) is 24.4 Å². The van der Waals surface area contributed by atoms with E-state index < -0.39 is 6.04 Å². The number of piperazine rings is 1. The highest BCUT2D eigenvalue weighted by Gasteiger charge is 2.44. The molecule has 2 amide bonds. The number of fused-ring (bicyclic) bond motifs is 1. The predicted octanol–water partition coefficient (Wildman–Crippen LogP) is 4.73. The first kappa shape index (κ1) is 22.2. The fraction of sp³-hybridized carbons (Fsp3) is 0.310. The Bertz CT molecular complexity index is 1160. The first-order chi connectivity index (χ1) is 16.7. The summed E-state index contributed by atoms with van der Waals surface area (Å²) >= 11 is 0. The molecule has 0 N–H and O–H groups in total. The molecule has 5 heteroatoms. The van der Waals surface area contributed by atoms with E-state index in [2.05, 4.69) is 30.3 Å². The summed E-state index contributed by atoms with van der Waals surface area (Å²) in [6.07, 6.45) is 3.61. The van der Waals surface area contributed by atoms with Crippen LogP contribution in [0, 0.1) is 0 Å². The number of rotatable bonds is 6. The minimum Gasteiger partial charge on any atom is -0.497 e. The van der Waals surface area contributed by atoms with E-state index in [9.17, 15) is 9.59 Å². The molecule has 2 aliphatic rings. The minimum atomic E-state index is -0.640. The molecule has 3 aromatic rings. The van der Waals surface area contributed by atoms with Crippen LogP contribution in [0.1, 0.15) is 47.2 Å². The van der Waals surface area contributed by atoms with Crippen molar-refractivity contribution in [2.24, 2.45) is 0 Å². The number of benzene rings is 3. The summed E-state index contributed by atoms with van der Waals surface area (Å²) in [5.41, 5.74) is 4.43. The van der Waals surface area contributed by atoms with Crippen molar-refractivity contribution in [1.29, 1.82) is 0 Å². The third kappa shape index (κ3) is 4.30. The fourth-order valence-electron chi connectivity index (χ4n) is 5.32. The van der Waals surface area contributed by atoms with Crippen LogP contribution in [0.2, 0.25) is 0 Å². The van der Waals surface area contributed by atoms with Crippen molar-refractivity contribution in [1.82, 2.24) is 9.80 Å². The van der Waals surface area contributed by atoms with E-state index in [0.29, 0.717) is 6.54 Å². The topological polar surface area (TPSA) is 49.9 Å². The number of aryl methyl sites for hydroxylation is 1. The SMILES string of the molecule is COc1ccc(C2C(=O)N(CCc3ccccc3)CC(=O)N2C2CCCc3ccccc32)cc1. The number of nitrogens with zero attached hydrogens (tertiary/aromatic N) is 2. The monoisotopic (exact) mass is 454 g/mol. The Hall–Kier alpha value is -3.60. The molecule has 0 radical (unpaired) electrons. The van der Waals surface area contributed by atoms with E-state index in [1.165, 1.54) is 11.1 Å². The van der Waals surface area contributed by atoms with Gasteiger partial charge in [-0.15, -0.1) is 0 Å². The molecule has 0 bridgehead atoms. The number of carbonyl (C=O) groups excluding carboxylic acids is 2. The maximum Gasteiger partial charge on any atom is 0.250 e. The van der Waals surface area contributed by atoms with Gasteiger partial charge in [0.2, 0.25) is 5.91 Å². The van der Waals surface area contributed by atoms with Gasteiger partial charge < -0.3 is 14.5 Å². The second-order valence-electron chi connectivity index (χ2n) is 9.08. The molecular formula is C29H30N2O3. The zero-order chi connectivity index (χ0) is 23.5. The van der Waals surface area contributed by atoms with Gasteiger partial charge in [0, 0.05) is 6.54 Å². The van der Waals surface area contributed by atoms with Crippen LogP contribution in [0.5, 0.6) is 5.75 Å². The van der Waals surface area contributed by atoms with Crippen molar-refractivity contribution < 1.29 is 14.3 Å². The number of ether oxygens (including phenoxy) is 1. The maximum absolute atomic E-state index is 13.9.